The Morgan fingerprint density at radius 3 is 2.41 bits per heavy atom. The van der Waals surface area contributed by atoms with Crippen molar-refractivity contribution in [3.05, 3.63) is 59.2 Å². The summed E-state index contributed by atoms with van der Waals surface area (Å²) in [4.78, 5) is 11.7. The minimum atomic E-state index is -0.987. The summed E-state index contributed by atoms with van der Waals surface area (Å²) in [5.74, 6) is 0.342. The molecule has 0 bridgehead atoms. The van der Waals surface area contributed by atoms with Crippen LogP contribution in [0.3, 0.4) is 0 Å². The van der Waals surface area contributed by atoms with Crippen LogP contribution in [0.15, 0.2) is 42.5 Å². The zero-order valence-electron chi connectivity index (χ0n) is 12.8. The van der Waals surface area contributed by atoms with Crippen LogP contribution in [0.4, 0.5) is 0 Å². The Morgan fingerprint density at radius 2 is 1.82 bits per heavy atom. The van der Waals surface area contributed by atoms with Gasteiger partial charge in [-0.3, -0.25) is 0 Å². The maximum atomic E-state index is 11.7. The summed E-state index contributed by atoms with van der Waals surface area (Å²) in [6.45, 7) is 1.86. The number of carbonyl (C=O) groups is 1. The number of carboxylic acids is 1. The average molecular weight is 298 g/mol. The molecule has 1 N–H and O–H groups in total. The van der Waals surface area contributed by atoms with Crippen molar-refractivity contribution in [2.75, 3.05) is 14.2 Å². The van der Waals surface area contributed by atoms with Crippen molar-refractivity contribution in [1.82, 2.24) is 0 Å². The average Bonchev–Trinajstić information content (AvgIpc) is 2.53. The first-order valence-corrected chi connectivity index (χ1v) is 6.80. The SMILES string of the molecule is COc1ccc(/C(=C/c2ccccc2OC)C(=O)O)c(C)c1. The smallest absolute Gasteiger partial charge is 0.336 e. The van der Waals surface area contributed by atoms with Crippen LogP contribution in [0.5, 0.6) is 11.5 Å². The molecule has 2 aromatic carbocycles. The van der Waals surface area contributed by atoms with Crippen molar-refractivity contribution in [3.63, 3.8) is 0 Å². The molecule has 0 saturated heterocycles. The van der Waals surface area contributed by atoms with E-state index in [0.29, 0.717) is 17.1 Å². The van der Waals surface area contributed by atoms with Crippen molar-refractivity contribution in [2.24, 2.45) is 0 Å². The van der Waals surface area contributed by atoms with Gasteiger partial charge in [-0.25, -0.2) is 4.79 Å². The van der Waals surface area contributed by atoms with E-state index in [1.807, 2.05) is 31.2 Å². The number of hydrogen-bond donors (Lipinski definition) is 1. The Balaban J connectivity index is 2.56. The number of hydrogen-bond acceptors (Lipinski definition) is 3. The highest BCUT2D eigenvalue weighted by atomic mass is 16.5. The summed E-state index contributed by atoms with van der Waals surface area (Å²) in [6.07, 6.45) is 1.62. The molecule has 0 atom stereocenters. The predicted octanol–water partition coefficient (Wildman–Crippen LogP) is 3.64. The van der Waals surface area contributed by atoms with Gasteiger partial charge in [0, 0.05) is 5.56 Å². The first-order chi connectivity index (χ1) is 10.6. The van der Waals surface area contributed by atoms with Crippen LogP contribution in [0.25, 0.3) is 11.6 Å². The fourth-order valence-electron chi connectivity index (χ4n) is 2.26. The van der Waals surface area contributed by atoms with Gasteiger partial charge in [-0.05, 0) is 42.3 Å². The minimum Gasteiger partial charge on any atom is -0.497 e. The van der Waals surface area contributed by atoms with Gasteiger partial charge in [-0.1, -0.05) is 24.3 Å². The molecule has 0 aromatic heterocycles. The van der Waals surface area contributed by atoms with E-state index >= 15 is 0 Å². The fraction of sp³-hybridized carbons (Fsp3) is 0.167. The van der Waals surface area contributed by atoms with Crippen LogP contribution < -0.4 is 9.47 Å². The highest BCUT2D eigenvalue weighted by Crippen LogP contribution is 2.28. The van der Waals surface area contributed by atoms with E-state index in [9.17, 15) is 9.90 Å². The molecule has 0 aliphatic heterocycles. The molecule has 2 rings (SSSR count). The second kappa shape index (κ2) is 6.80. The summed E-state index contributed by atoms with van der Waals surface area (Å²) < 4.78 is 10.4. The van der Waals surface area contributed by atoms with Crippen LogP contribution in [-0.4, -0.2) is 25.3 Å². The summed E-state index contributed by atoms with van der Waals surface area (Å²) in [6, 6.07) is 12.6. The number of aryl methyl sites for hydroxylation is 1. The molecule has 0 fully saturated rings. The monoisotopic (exact) mass is 298 g/mol. The zero-order valence-corrected chi connectivity index (χ0v) is 12.8. The predicted molar refractivity (Wildman–Crippen MR) is 86.2 cm³/mol. The number of methoxy groups -OCH3 is 2. The van der Waals surface area contributed by atoms with Crippen molar-refractivity contribution in [1.29, 1.82) is 0 Å². The molecule has 0 unspecified atom stereocenters. The molecule has 0 heterocycles. The van der Waals surface area contributed by atoms with E-state index in [1.54, 1.807) is 38.5 Å². The van der Waals surface area contributed by atoms with Crippen molar-refractivity contribution >= 4 is 17.6 Å². The van der Waals surface area contributed by atoms with Gasteiger partial charge >= 0.3 is 5.97 Å². The zero-order chi connectivity index (χ0) is 16.1. The standard InChI is InChI=1S/C18H18O4/c1-12-10-14(21-2)8-9-15(12)16(18(19)20)11-13-6-4-5-7-17(13)22-3/h4-11H,1-3H3,(H,19,20)/b16-11-. The van der Waals surface area contributed by atoms with Gasteiger partial charge in [0.2, 0.25) is 0 Å². The van der Waals surface area contributed by atoms with Crippen molar-refractivity contribution in [2.45, 2.75) is 6.92 Å². The Kier molecular flexibility index (Phi) is 4.84. The lowest BCUT2D eigenvalue weighted by Gasteiger charge is -2.10. The van der Waals surface area contributed by atoms with Crippen LogP contribution in [0.1, 0.15) is 16.7 Å². The summed E-state index contributed by atoms with van der Waals surface area (Å²) >= 11 is 0. The molecule has 0 amide bonds. The molecule has 0 aliphatic rings. The van der Waals surface area contributed by atoms with E-state index in [4.69, 9.17) is 9.47 Å². The van der Waals surface area contributed by atoms with Gasteiger partial charge in [0.05, 0.1) is 19.8 Å². The van der Waals surface area contributed by atoms with Gasteiger partial charge < -0.3 is 14.6 Å². The fourth-order valence-corrected chi connectivity index (χ4v) is 2.26. The normalized spacial score (nSPS) is 11.1. The van der Waals surface area contributed by atoms with E-state index in [0.717, 1.165) is 11.1 Å². The van der Waals surface area contributed by atoms with E-state index in [-0.39, 0.29) is 5.57 Å². The molecule has 0 radical (unpaired) electrons. The first-order valence-electron chi connectivity index (χ1n) is 6.80. The quantitative estimate of drug-likeness (QED) is 0.676. The lowest BCUT2D eigenvalue weighted by molar-refractivity contribution is -0.130. The molecule has 0 saturated carbocycles. The first kappa shape index (κ1) is 15.6. The van der Waals surface area contributed by atoms with Crippen LogP contribution in [-0.2, 0) is 4.79 Å². The number of aliphatic carboxylic acids is 1. The summed E-state index contributed by atoms with van der Waals surface area (Å²) in [5, 5.41) is 9.56. The summed E-state index contributed by atoms with van der Waals surface area (Å²) in [5.41, 5.74) is 2.42. The number of para-hydroxylation sites is 1. The van der Waals surface area contributed by atoms with Crippen LogP contribution in [0, 0.1) is 6.92 Å². The molecule has 22 heavy (non-hydrogen) atoms. The molecule has 2 aromatic rings. The lowest BCUT2D eigenvalue weighted by Crippen LogP contribution is -2.02. The Labute approximate surface area is 129 Å². The number of rotatable bonds is 5. The minimum absolute atomic E-state index is 0.213. The van der Waals surface area contributed by atoms with Gasteiger partial charge in [0.25, 0.3) is 0 Å². The van der Waals surface area contributed by atoms with Crippen LogP contribution >= 0.6 is 0 Å². The van der Waals surface area contributed by atoms with E-state index in [1.165, 1.54) is 0 Å². The molecule has 4 heteroatoms. The third kappa shape index (κ3) is 3.28. The highest BCUT2D eigenvalue weighted by molar-refractivity contribution is 6.21. The van der Waals surface area contributed by atoms with Crippen molar-refractivity contribution in [3.8, 4) is 11.5 Å². The summed E-state index contributed by atoms with van der Waals surface area (Å²) in [7, 11) is 3.14. The van der Waals surface area contributed by atoms with Gasteiger partial charge in [0.1, 0.15) is 11.5 Å². The van der Waals surface area contributed by atoms with E-state index < -0.39 is 5.97 Å². The molecular weight excluding hydrogens is 280 g/mol. The maximum absolute atomic E-state index is 11.7. The lowest BCUT2D eigenvalue weighted by atomic mass is 9.98. The second-order valence-electron chi connectivity index (χ2n) is 4.79. The molecule has 4 nitrogen and oxygen atoms in total. The van der Waals surface area contributed by atoms with Gasteiger partial charge in [-0.2, -0.15) is 0 Å². The Morgan fingerprint density at radius 1 is 1.09 bits per heavy atom. The Hall–Kier alpha value is -2.75. The van der Waals surface area contributed by atoms with Crippen molar-refractivity contribution < 1.29 is 19.4 Å². The third-order valence-corrected chi connectivity index (χ3v) is 3.39. The number of carboxylic acid groups (broad SMARTS) is 1. The molecular formula is C18H18O4. The van der Waals surface area contributed by atoms with E-state index in [2.05, 4.69) is 0 Å². The van der Waals surface area contributed by atoms with Crippen LogP contribution in [0.2, 0.25) is 0 Å². The third-order valence-electron chi connectivity index (χ3n) is 3.39. The molecule has 0 aliphatic carbocycles. The number of ether oxygens (including phenoxy) is 2. The largest absolute Gasteiger partial charge is 0.497 e. The molecule has 0 spiro atoms. The molecule has 114 valence electrons. The van der Waals surface area contributed by atoms with Gasteiger partial charge in [0.15, 0.2) is 0 Å². The second-order valence-corrected chi connectivity index (χ2v) is 4.79. The maximum Gasteiger partial charge on any atom is 0.336 e. The number of benzene rings is 2. The van der Waals surface area contributed by atoms with Gasteiger partial charge in [-0.15, -0.1) is 0 Å². The Bertz CT molecular complexity index is 717. The highest BCUT2D eigenvalue weighted by Gasteiger charge is 2.14. The topological polar surface area (TPSA) is 55.8 Å².